The van der Waals surface area contributed by atoms with Crippen molar-refractivity contribution in [3.8, 4) is 5.75 Å². The second kappa shape index (κ2) is 8.17. The highest BCUT2D eigenvalue weighted by Crippen LogP contribution is 2.12. The third-order valence-electron chi connectivity index (χ3n) is 3.25. The van der Waals surface area contributed by atoms with Gasteiger partial charge >= 0.3 is 0 Å². The number of hydrogen-bond donors (Lipinski definition) is 1. The Kier molecular flexibility index (Phi) is 5.95. The van der Waals surface area contributed by atoms with Gasteiger partial charge in [0.15, 0.2) is 0 Å². The molecule has 0 aliphatic heterocycles. The first-order valence-corrected chi connectivity index (χ1v) is 7.40. The van der Waals surface area contributed by atoms with E-state index in [-0.39, 0.29) is 11.7 Å². The molecule has 116 valence electrons. The summed E-state index contributed by atoms with van der Waals surface area (Å²) in [4.78, 5) is 11.9. The lowest BCUT2D eigenvalue weighted by Gasteiger charge is -2.07. The molecule has 4 heteroatoms. The number of carbonyl (C=O) groups excluding carboxylic acids is 1. The van der Waals surface area contributed by atoms with Gasteiger partial charge < -0.3 is 10.1 Å². The zero-order valence-electron chi connectivity index (χ0n) is 12.6. The molecule has 0 saturated heterocycles. The van der Waals surface area contributed by atoms with Gasteiger partial charge in [-0.1, -0.05) is 24.3 Å². The molecule has 0 atom stereocenters. The molecule has 0 radical (unpaired) electrons. The molecule has 0 heterocycles. The molecule has 0 fully saturated rings. The van der Waals surface area contributed by atoms with E-state index in [4.69, 9.17) is 4.74 Å². The molecule has 0 saturated carbocycles. The van der Waals surface area contributed by atoms with Crippen molar-refractivity contribution in [1.29, 1.82) is 0 Å². The molecular weight excluding hydrogens is 281 g/mol. The Labute approximate surface area is 130 Å². The molecule has 2 aromatic carbocycles. The molecule has 3 nitrogen and oxygen atoms in total. The number of hydrogen-bond acceptors (Lipinski definition) is 2. The Morgan fingerprint density at radius 1 is 1.05 bits per heavy atom. The first kappa shape index (κ1) is 16.0. The fourth-order valence-electron chi connectivity index (χ4n) is 2.12. The molecule has 0 spiro atoms. The predicted molar refractivity (Wildman–Crippen MR) is 84.4 cm³/mol. The monoisotopic (exact) mass is 301 g/mol. The van der Waals surface area contributed by atoms with Crippen LogP contribution in [0.25, 0.3) is 0 Å². The summed E-state index contributed by atoms with van der Waals surface area (Å²) in [6.07, 6.45) is 1.03. The van der Waals surface area contributed by atoms with Crippen molar-refractivity contribution in [2.24, 2.45) is 0 Å². The van der Waals surface area contributed by atoms with E-state index in [9.17, 15) is 9.18 Å². The second-order valence-corrected chi connectivity index (χ2v) is 4.98. The molecule has 2 rings (SSSR count). The van der Waals surface area contributed by atoms with E-state index in [1.54, 1.807) is 12.1 Å². The summed E-state index contributed by atoms with van der Waals surface area (Å²) in [7, 11) is 0. The van der Waals surface area contributed by atoms with Crippen LogP contribution in [0.3, 0.4) is 0 Å². The van der Waals surface area contributed by atoms with Gasteiger partial charge in [0.25, 0.3) is 0 Å². The number of benzene rings is 2. The third kappa shape index (κ3) is 5.20. The minimum Gasteiger partial charge on any atom is -0.494 e. The van der Waals surface area contributed by atoms with Crippen LogP contribution < -0.4 is 10.1 Å². The Hall–Kier alpha value is -2.36. The second-order valence-electron chi connectivity index (χ2n) is 4.98. The Balaban J connectivity index is 1.74. The van der Waals surface area contributed by atoms with Crippen LogP contribution >= 0.6 is 0 Å². The van der Waals surface area contributed by atoms with Gasteiger partial charge in [0.05, 0.1) is 13.0 Å². The van der Waals surface area contributed by atoms with Crippen LogP contribution in [0.2, 0.25) is 0 Å². The maximum Gasteiger partial charge on any atom is 0.224 e. The normalized spacial score (nSPS) is 10.3. The van der Waals surface area contributed by atoms with Crippen molar-refractivity contribution in [2.75, 3.05) is 13.2 Å². The standard InChI is InChI=1S/C18H20FNO2/c1-2-22-17-9-5-15(6-10-17)13-18(21)20-12-11-14-3-7-16(19)8-4-14/h3-10H,2,11-13H2,1H3,(H,20,21). The molecular formula is C18H20FNO2. The average molecular weight is 301 g/mol. The van der Waals surface area contributed by atoms with E-state index in [2.05, 4.69) is 5.32 Å². The van der Waals surface area contributed by atoms with Gasteiger partial charge in [-0.3, -0.25) is 4.79 Å². The van der Waals surface area contributed by atoms with Crippen molar-refractivity contribution in [3.63, 3.8) is 0 Å². The SMILES string of the molecule is CCOc1ccc(CC(=O)NCCc2ccc(F)cc2)cc1. The topological polar surface area (TPSA) is 38.3 Å². The summed E-state index contributed by atoms with van der Waals surface area (Å²) < 4.78 is 18.1. The zero-order valence-corrected chi connectivity index (χ0v) is 12.6. The van der Waals surface area contributed by atoms with E-state index in [1.165, 1.54) is 12.1 Å². The van der Waals surface area contributed by atoms with E-state index in [1.807, 2.05) is 31.2 Å². The van der Waals surface area contributed by atoms with Crippen LogP contribution in [0.5, 0.6) is 5.75 Å². The van der Waals surface area contributed by atoms with Crippen molar-refractivity contribution in [2.45, 2.75) is 19.8 Å². The Bertz CT molecular complexity index is 593. The fourth-order valence-corrected chi connectivity index (χ4v) is 2.12. The van der Waals surface area contributed by atoms with E-state index in [0.717, 1.165) is 16.9 Å². The Morgan fingerprint density at radius 2 is 1.68 bits per heavy atom. The molecule has 0 bridgehead atoms. The average Bonchev–Trinajstić information content (AvgIpc) is 2.51. The van der Waals surface area contributed by atoms with Crippen LogP contribution in [0.15, 0.2) is 48.5 Å². The van der Waals surface area contributed by atoms with Gasteiger partial charge in [-0.2, -0.15) is 0 Å². The van der Waals surface area contributed by atoms with Crippen LogP contribution in [0.1, 0.15) is 18.1 Å². The third-order valence-corrected chi connectivity index (χ3v) is 3.25. The predicted octanol–water partition coefficient (Wildman–Crippen LogP) is 3.13. The highest BCUT2D eigenvalue weighted by Gasteiger charge is 2.03. The maximum absolute atomic E-state index is 12.8. The van der Waals surface area contributed by atoms with Crippen LogP contribution in [-0.4, -0.2) is 19.1 Å². The summed E-state index contributed by atoms with van der Waals surface area (Å²) in [6.45, 7) is 3.10. The number of carbonyl (C=O) groups is 1. The highest BCUT2D eigenvalue weighted by atomic mass is 19.1. The van der Waals surface area contributed by atoms with Gasteiger partial charge in [0.2, 0.25) is 5.91 Å². The van der Waals surface area contributed by atoms with Gasteiger partial charge in [-0.05, 0) is 48.7 Å². The lowest BCUT2D eigenvalue weighted by atomic mass is 10.1. The molecule has 22 heavy (non-hydrogen) atoms. The van der Waals surface area contributed by atoms with Gasteiger partial charge in [-0.15, -0.1) is 0 Å². The van der Waals surface area contributed by atoms with Crippen molar-refractivity contribution < 1.29 is 13.9 Å². The molecule has 0 aliphatic carbocycles. The summed E-state index contributed by atoms with van der Waals surface area (Å²) in [5, 5.41) is 2.87. The van der Waals surface area contributed by atoms with Crippen molar-refractivity contribution >= 4 is 5.91 Å². The quantitative estimate of drug-likeness (QED) is 0.853. The smallest absolute Gasteiger partial charge is 0.224 e. The first-order chi connectivity index (χ1) is 10.7. The molecule has 1 amide bonds. The van der Waals surface area contributed by atoms with Crippen LogP contribution in [-0.2, 0) is 17.6 Å². The highest BCUT2D eigenvalue weighted by molar-refractivity contribution is 5.78. The van der Waals surface area contributed by atoms with Crippen molar-refractivity contribution in [1.82, 2.24) is 5.32 Å². The summed E-state index contributed by atoms with van der Waals surface area (Å²) in [5.41, 5.74) is 1.95. The molecule has 0 aliphatic rings. The van der Waals surface area contributed by atoms with Crippen LogP contribution in [0.4, 0.5) is 4.39 Å². The van der Waals surface area contributed by atoms with Crippen molar-refractivity contribution in [3.05, 3.63) is 65.5 Å². The van der Waals surface area contributed by atoms with E-state index < -0.39 is 0 Å². The maximum atomic E-state index is 12.8. The van der Waals surface area contributed by atoms with E-state index >= 15 is 0 Å². The minimum atomic E-state index is -0.247. The van der Waals surface area contributed by atoms with E-state index in [0.29, 0.717) is 26.0 Å². The number of nitrogens with one attached hydrogen (secondary N) is 1. The number of amides is 1. The zero-order chi connectivity index (χ0) is 15.8. The summed E-state index contributed by atoms with van der Waals surface area (Å²) in [6, 6.07) is 13.8. The fraction of sp³-hybridized carbons (Fsp3) is 0.278. The number of halogens is 1. The van der Waals surface area contributed by atoms with Crippen LogP contribution in [0, 0.1) is 5.82 Å². The number of rotatable bonds is 7. The summed E-state index contributed by atoms with van der Waals surface area (Å²) in [5.74, 6) is 0.539. The Morgan fingerprint density at radius 3 is 2.32 bits per heavy atom. The lowest BCUT2D eigenvalue weighted by Crippen LogP contribution is -2.27. The van der Waals surface area contributed by atoms with Gasteiger partial charge in [0.1, 0.15) is 11.6 Å². The minimum absolute atomic E-state index is 0.0220. The lowest BCUT2D eigenvalue weighted by molar-refractivity contribution is -0.120. The largest absolute Gasteiger partial charge is 0.494 e. The molecule has 0 aromatic heterocycles. The number of ether oxygens (including phenoxy) is 1. The molecule has 1 N–H and O–H groups in total. The first-order valence-electron chi connectivity index (χ1n) is 7.40. The molecule has 0 unspecified atom stereocenters. The van der Waals surface area contributed by atoms with Gasteiger partial charge in [-0.25, -0.2) is 4.39 Å². The molecule has 2 aromatic rings. The van der Waals surface area contributed by atoms with Gasteiger partial charge in [0, 0.05) is 6.54 Å². The summed E-state index contributed by atoms with van der Waals surface area (Å²) >= 11 is 0.